The fourth-order valence-electron chi connectivity index (χ4n) is 4.22. The first-order valence-electron chi connectivity index (χ1n) is 8.34. The first kappa shape index (κ1) is 17.5. The zero-order chi connectivity index (χ0) is 17.0. The molecule has 0 aromatic heterocycles. The van der Waals surface area contributed by atoms with Gasteiger partial charge in [-0.25, -0.2) is 0 Å². The monoisotopic (exact) mass is 332 g/mol. The number of fused-ring (bicyclic) bond motifs is 3. The predicted octanol–water partition coefficient (Wildman–Crippen LogP) is -0.461. The Morgan fingerprint density at radius 3 is 2.35 bits per heavy atom. The molecule has 7 nitrogen and oxygen atoms in total. The van der Waals surface area contributed by atoms with Gasteiger partial charge >= 0.3 is 0 Å². The molecule has 134 valence electrons. The average molecular weight is 332 g/mol. The molecule has 0 radical (unpaired) electrons. The fourth-order valence-corrected chi connectivity index (χ4v) is 4.22. The van der Waals surface area contributed by atoms with E-state index in [4.69, 9.17) is 14.2 Å². The van der Waals surface area contributed by atoms with Crippen LogP contribution in [0.15, 0.2) is 0 Å². The van der Waals surface area contributed by atoms with Gasteiger partial charge in [0.15, 0.2) is 6.29 Å². The molecular weight excluding hydrogens is 304 g/mol. The molecule has 6 unspecified atom stereocenters. The molecule has 4 rings (SSSR count). The van der Waals surface area contributed by atoms with Crippen LogP contribution in [0.25, 0.3) is 0 Å². The first-order chi connectivity index (χ1) is 10.7. The van der Waals surface area contributed by atoms with Crippen molar-refractivity contribution in [1.29, 1.82) is 0 Å². The molecule has 1 saturated carbocycles. The summed E-state index contributed by atoms with van der Waals surface area (Å²) >= 11 is 0. The van der Waals surface area contributed by atoms with Crippen molar-refractivity contribution in [2.24, 2.45) is 5.92 Å². The minimum Gasteiger partial charge on any atom is -0.394 e. The normalized spacial score (nSPS) is 52.6. The summed E-state index contributed by atoms with van der Waals surface area (Å²) in [7, 11) is 0. The van der Waals surface area contributed by atoms with Crippen molar-refractivity contribution in [1.82, 2.24) is 0 Å². The summed E-state index contributed by atoms with van der Waals surface area (Å²) in [5.41, 5.74) is -0.681. The molecule has 4 aliphatic rings. The van der Waals surface area contributed by atoms with E-state index < -0.39 is 42.9 Å². The van der Waals surface area contributed by atoms with Gasteiger partial charge in [0.05, 0.1) is 23.9 Å². The van der Waals surface area contributed by atoms with E-state index in [9.17, 15) is 20.4 Å². The zero-order valence-corrected chi connectivity index (χ0v) is 13.9. The topological polar surface area (TPSA) is 109 Å². The highest BCUT2D eigenvalue weighted by molar-refractivity contribution is 5.04. The summed E-state index contributed by atoms with van der Waals surface area (Å²) in [6, 6.07) is 0. The molecule has 0 amide bonds. The van der Waals surface area contributed by atoms with E-state index in [-0.39, 0.29) is 11.7 Å². The first-order valence-corrected chi connectivity index (χ1v) is 8.34. The van der Waals surface area contributed by atoms with Gasteiger partial charge in [-0.1, -0.05) is 0 Å². The molecule has 7 heteroatoms. The highest BCUT2D eigenvalue weighted by atomic mass is 16.7. The maximum Gasteiger partial charge on any atom is 0.187 e. The molecular formula is C16H28O7. The Hall–Kier alpha value is -0.280. The van der Waals surface area contributed by atoms with Gasteiger partial charge in [0.1, 0.15) is 24.4 Å². The highest BCUT2D eigenvalue weighted by Crippen LogP contribution is 2.51. The van der Waals surface area contributed by atoms with E-state index in [0.29, 0.717) is 5.92 Å². The van der Waals surface area contributed by atoms with Gasteiger partial charge in [-0.05, 0) is 46.0 Å². The number of rotatable bonds is 3. The molecule has 1 aliphatic carbocycles. The van der Waals surface area contributed by atoms with Gasteiger partial charge in [0.25, 0.3) is 0 Å². The summed E-state index contributed by atoms with van der Waals surface area (Å²) in [4.78, 5) is 0. The molecule has 3 heterocycles. The lowest BCUT2D eigenvalue weighted by Gasteiger charge is -2.58. The molecule has 8 atom stereocenters. The standard InChI is InChI=1S/C16H28O7/c1-15(2)8-4-5-16(3,23-15)10(6-8)22-14-13(20)12(19)11(18)9(7-17)21-14/h8-14,17-20H,4-7H2,1-3H3/t8-,9?,10?,11?,12?,13?,14?,16+/m1/s1. The number of hydrogen-bond acceptors (Lipinski definition) is 7. The van der Waals surface area contributed by atoms with Crippen LogP contribution >= 0.6 is 0 Å². The number of aliphatic hydroxyl groups is 4. The minimum atomic E-state index is -1.42. The quantitative estimate of drug-likeness (QED) is 0.554. The van der Waals surface area contributed by atoms with Crippen molar-refractivity contribution in [3.8, 4) is 0 Å². The van der Waals surface area contributed by atoms with Crippen LogP contribution in [0.5, 0.6) is 0 Å². The highest BCUT2D eigenvalue weighted by Gasteiger charge is 2.56. The van der Waals surface area contributed by atoms with Crippen LogP contribution in [0.4, 0.5) is 0 Å². The number of hydrogen-bond donors (Lipinski definition) is 4. The Labute approximate surface area is 136 Å². The molecule has 0 aromatic carbocycles. The summed E-state index contributed by atoms with van der Waals surface area (Å²) in [6.45, 7) is 5.70. The van der Waals surface area contributed by atoms with Gasteiger partial charge < -0.3 is 34.6 Å². The van der Waals surface area contributed by atoms with Crippen LogP contribution in [-0.2, 0) is 14.2 Å². The predicted molar refractivity (Wildman–Crippen MR) is 79.6 cm³/mol. The van der Waals surface area contributed by atoms with Crippen molar-refractivity contribution in [2.45, 2.75) is 88.0 Å². The summed E-state index contributed by atoms with van der Waals surface area (Å²) in [5.74, 6) is 0.360. The fraction of sp³-hybridized carbons (Fsp3) is 1.00. The van der Waals surface area contributed by atoms with Gasteiger partial charge in [0.2, 0.25) is 0 Å². The molecule has 0 aromatic rings. The van der Waals surface area contributed by atoms with Crippen molar-refractivity contribution in [2.75, 3.05) is 6.61 Å². The van der Waals surface area contributed by atoms with Crippen LogP contribution in [-0.4, -0.2) is 75.0 Å². The lowest BCUT2D eigenvalue weighted by Crippen LogP contribution is -2.65. The minimum absolute atomic E-state index is 0.206. The van der Waals surface area contributed by atoms with E-state index in [1.165, 1.54) is 0 Å². The molecule has 0 spiro atoms. The number of ether oxygens (including phenoxy) is 3. The average Bonchev–Trinajstić information content (AvgIpc) is 2.48. The summed E-state index contributed by atoms with van der Waals surface area (Å²) in [6.07, 6.45) is -3.76. The second kappa shape index (κ2) is 5.91. The second-order valence-corrected chi connectivity index (χ2v) is 7.81. The van der Waals surface area contributed by atoms with Crippen LogP contribution in [0, 0.1) is 5.92 Å². The maximum absolute atomic E-state index is 10.1. The van der Waals surface area contributed by atoms with Crippen LogP contribution in [0.3, 0.4) is 0 Å². The Morgan fingerprint density at radius 2 is 1.78 bits per heavy atom. The Bertz CT molecular complexity index is 440. The zero-order valence-electron chi connectivity index (χ0n) is 13.9. The van der Waals surface area contributed by atoms with E-state index in [1.54, 1.807) is 0 Å². The molecule has 2 bridgehead atoms. The van der Waals surface area contributed by atoms with Crippen LogP contribution < -0.4 is 0 Å². The Morgan fingerprint density at radius 1 is 1.09 bits per heavy atom. The van der Waals surface area contributed by atoms with E-state index in [1.807, 2.05) is 6.92 Å². The SMILES string of the molecule is CC1(C)O[C@@]2(C)CC[C@@H]1CC2OC1OC(CO)C(O)C(O)C1O. The second-order valence-electron chi connectivity index (χ2n) is 7.81. The van der Waals surface area contributed by atoms with Gasteiger partial charge in [-0.15, -0.1) is 0 Å². The largest absolute Gasteiger partial charge is 0.394 e. The van der Waals surface area contributed by atoms with Crippen molar-refractivity contribution in [3.63, 3.8) is 0 Å². The van der Waals surface area contributed by atoms with Crippen molar-refractivity contribution in [3.05, 3.63) is 0 Å². The van der Waals surface area contributed by atoms with E-state index in [2.05, 4.69) is 13.8 Å². The number of aliphatic hydroxyl groups excluding tert-OH is 4. The Kier molecular flexibility index (Phi) is 4.51. The van der Waals surface area contributed by atoms with E-state index >= 15 is 0 Å². The summed E-state index contributed by atoms with van der Waals surface area (Å²) < 4.78 is 17.6. The molecule has 3 aliphatic heterocycles. The molecule has 3 saturated heterocycles. The third kappa shape index (κ3) is 2.93. The molecule has 4 N–H and O–H groups in total. The van der Waals surface area contributed by atoms with E-state index in [0.717, 1.165) is 19.3 Å². The Balaban J connectivity index is 1.72. The van der Waals surface area contributed by atoms with Gasteiger partial charge in [-0.2, -0.15) is 0 Å². The summed E-state index contributed by atoms with van der Waals surface area (Å²) in [5, 5.41) is 39.1. The van der Waals surface area contributed by atoms with Crippen LogP contribution in [0.1, 0.15) is 40.0 Å². The van der Waals surface area contributed by atoms with Crippen molar-refractivity contribution < 1.29 is 34.6 Å². The maximum atomic E-state index is 10.1. The van der Waals surface area contributed by atoms with Gasteiger partial charge in [-0.3, -0.25) is 0 Å². The van der Waals surface area contributed by atoms with Crippen molar-refractivity contribution >= 4 is 0 Å². The molecule has 4 fully saturated rings. The van der Waals surface area contributed by atoms with Crippen LogP contribution in [0.2, 0.25) is 0 Å². The smallest absolute Gasteiger partial charge is 0.187 e. The molecule has 23 heavy (non-hydrogen) atoms. The third-order valence-corrected chi connectivity index (χ3v) is 5.80. The lowest BCUT2D eigenvalue weighted by atomic mass is 9.67. The van der Waals surface area contributed by atoms with Gasteiger partial charge in [0, 0.05) is 0 Å². The third-order valence-electron chi connectivity index (χ3n) is 5.80. The lowest BCUT2D eigenvalue weighted by molar-refractivity contribution is -0.353.